The fraction of sp³-hybridized carbons (Fsp3) is 0.429. The summed E-state index contributed by atoms with van der Waals surface area (Å²) in [5.74, 6) is 0.615. The third kappa shape index (κ3) is 4.32. The van der Waals surface area contributed by atoms with Crippen LogP contribution in [-0.4, -0.2) is 52.2 Å². The Hall–Kier alpha value is -2.76. The lowest BCUT2D eigenvalue weighted by Crippen LogP contribution is -2.40. The van der Waals surface area contributed by atoms with Crippen molar-refractivity contribution >= 4 is 11.8 Å². The summed E-state index contributed by atoms with van der Waals surface area (Å²) in [5.41, 5.74) is 2.16. The minimum absolute atomic E-state index is 0.0978. The van der Waals surface area contributed by atoms with E-state index in [2.05, 4.69) is 9.97 Å². The largest absolute Gasteiger partial charge is 0.345 e. The molecule has 2 amide bonds. The second kappa shape index (κ2) is 8.29. The molecule has 0 saturated carbocycles. The molecule has 1 unspecified atom stereocenters. The normalized spacial score (nSPS) is 16.9. The van der Waals surface area contributed by atoms with Crippen molar-refractivity contribution in [3.05, 3.63) is 59.2 Å². The van der Waals surface area contributed by atoms with Gasteiger partial charge in [0.2, 0.25) is 5.91 Å². The molecule has 2 aromatic rings. The molecule has 1 atom stereocenters. The maximum Gasteiger partial charge on any atom is 0.256 e. The van der Waals surface area contributed by atoms with Gasteiger partial charge in [0.25, 0.3) is 5.91 Å². The van der Waals surface area contributed by atoms with Crippen molar-refractivity contribution in [2.45, 2.75) is 38.6 Å². The third-order valence-electron chi connectivity index (χ3n) is 4.95. The van der Waals surface area contributed by atoms with Crippen LogP contribution in [0.3, 0.4) is 0 Å². The molecule has 27 heavy (non-hydrogen) atoms. The van der Waals surface area contributed by atoms with Crippen LogP contribution >= 0.6 is 0 Å². The van der Waals surface area contributed by atoms with Crippen molar-refractivity contribution in [2.75, 3.05) is 20.6 Å². The molecule has 1 fully saturated rings. The number of carbonyl (C=O) groups is 2. The molecule has 0 N–H and O–H groups in total. The van der Waals surface area contributed by atoms with Crippen molar-refractivity contribution in [3.8, 4) is 0 Å². The number of aromatic nitrogens is 2. The average Bonchev–Trinajstić information content (AvgIpc) is 2.68. The third-order valence-corrected chi connectivity index (χ3v) is 4.95. The number of piperidine rings is 1. The van der Waals surface area contributed by atoms with Gasteiger partial charge in [-0.2, -0.15) is 0 Å². The first kappa shape index (κ1) is 19.0. The first-order valence-electron chi connectivity index (χ1n) is 9.36. The first-order chi connectivity index (χ1) is 13.0. The van der Waals surface area contributed by atoms with Crippen LogP contribution in [0.2, 0.25) is 0 Å². The van der Waals surface area contributed by atoms with Crippen LogP contribution < -0.4 is 0 Å². The molecule has 142 valence electrons. The number of hydrogen-bond acceptors (Lipinski definition) is 4. The van der Waals surface area contributed by atoms with E-state index in [9.17, 15) is 9.59 Å². The number of aryl methyl sites for hydroxylation is 1. The van der Waals surface area contributed by atoms with Crippen molar-refractivity contribution in [3.63, 3.8) is 0 Å². The van der Waals surface area contributed by atoms with Crippen molar-refractivity contribution in [2.24, 2.45) is 0 Å². The molecule has 1 aromatic heterocycles. The zero-order valence-corrected chi connectivity index (χ0v) is 16.2. The standard InChI is InChI=1S/C21H26N4O2/c1-15-17(21(27)24(2)3)14-22-20(23-15)18-11-7-8-12-25(18)19(26)13-16-9-5-4-6-10-16/h4-6,9-10,14,18H,7-8,11-13H2,1-3H3. The molecule has 0 aliphatic carbocycles. The van der Waals surface area contributed by atoms with E-state index in [1.165, 1.54) is 4.90 Å². The van der Waals surface area contributed by atoms with Crippen LogP contribution in [0.15, 0.2) is 36.5 Å². The Morgan fingerprint density at radius 3 is 2.59 bits per heavy atom. The van der Waals surface area contributed by atoms with Gasteiger partial charge in [-0.3, -0.25) is 9.59 Å². The van der Waals surface area contributed by atoms with E-state index >= 15 is 0 Å². The highest BCUT2D eigenvalue weighted by molar-refractivity contribution is 5.94. The van der Waals surface area contributed by atoms with Gasteiger partial charge in [0, 0.05) is 26.8 Å². The van der Waals surface area contributed by atoms with Gasteiger partial charge >= 0.3 is 0 Å². The molecule has 0 bridgehead atoms. The summed E-state index contributed by atoms with van der Waals surface area (Å²) in [6, 6.07) is 9.66. The van der Waals surface area contributed by atoms with E-state index in [0.717, 1.165) is 31.4 Å². The van der Waals surface area contributed by atoms with Crippen molar-refractivity contribution < 1.29 is 9.59 Å². The summed E-state index contributed by atoms with van der Waals surface area (Å²) in [6.45, 7) is 2.54. The second-order valence-corrected chi connectivity index (χ2v) is 7.19. The van der Waals surface area contributed by atoms with E-state index in [1.54, 1.807) is 20.3 Å². The van der Waals surface area contributed by atoms with Gasteiger partial charge in [0.05, 0.1) is 23.7 Å². The van der Waals surface area contributed by atoms with Crippen molar-refractivity contribution in [1.82, 2.24) is 19.8 Å². The summed E-state index contributed by atoms with van der Waals surface area (Å²) >= 11 is 0. The van der Waals surface area contributed by atoms with Crippen LogP contribution in [0.5, 0.6) is 0 Å². The molecule has 6 nitrogen and oxygen atoms in total. The summed E-state index contributed by atoms with van der Waals surface area (Å²) in [5, 5.41) is 0. The van der Waals surface area contributed by atoms with E-state index < -0.39 is 0 Å². The fourth-order valence-corrected chi connectivity index (χ4v) is 3.47. The quantitative estimate of drug-likeness (QED) is 0.834. The number of amides is 2. The summed E-state index contributed by atoms with van der Waals surface area (Å²) in [6.07, 6.45) is 4.86. The molecule has 1 aliphatic heterocycles. The van der Waals surface area contributed by atoms with Gasteiger partial charge in [0.1, 0.15) is 0 Å². The summed E-state index contributed by atoms with van der Waals surface area (Å²) in [4.78, 5) is 37.6. The van der Waals surface area contributed by atoms with E-state index in [-0.39, 0.29) is 17.9 Å². The minimum atomic E-state index is -0.128. The molecule has 3 rings (SSSR count). The summed E-state index contributed by atoms with van der Waals surface area (Å²) < 4.78 is 0. The van der Waals surface area contributed by atoms with Crippen LogP contribution in [0.1, 0.15) is 52.7 Å². The van der Waals surface area contributed by atoms with Gasteiger partial charge in [-0.05, 0) is 31.7 Å². The number of likely N-dealkylation sites (tertiary alicyclic amines) is 1. The van der Waals surface area contributed by atoms with Crippen LogP contribution in [0.25, 0.3) is 0 Å². The van der Waals surface area contributed by atoms with E-state index in [0.29, 0.717) is 23.5 Å². The lowest BCUT2D eigenvalue weighted by atomic mass is 9.99. The Bertz CT molecular complexity index is 820. The Balaban J connectivity index is 1.82. The Kier molecular flexibility index (Phi) is 5.84. The second-order valence-electron chi connectivity index (χ2n) is 7.19. The van der Waals surface area contributed by atoms with Gasteiger partial charge in [0.15, 0.2) is 5.82 Å². The predicted molar refractivity (Wildman–Crippen MR) is 103 cm³/mol. The number of benzene rings is 1. The highest BCUT2D eigenvalue weighted by Crippen LogP contribution is 2.29. The number of hydrogen-bond donors (Lipinski definition) is 0. The molecule has 0 radical (unpaired) electrons. The van der Waals surface area contributed by atoms with Gasteiger partial charge in [-0.1, -0.05) is 30.3 Å². The Labute approximate surface area is 160 Å². The maximum atomic E-state index is 12.9. The van der Waals surface area contributed by atoms with Gasteiger partial charge < -0.3 is 9.80 Å². The highest BCUT2D eigenvalue weighted by atomic mass is 16.2. The van der Waals surface area contributed by atoms with Gasteiger partial charge in [-0.25, -0.2) is 9.97 Å². The molecule has 6 heteroatoms. The predicted octanol–water partition coefficient (Wildman–Crippen LogP) is 2.78. The summed E-state index contributed by atoms with van der Waals surface area (Å²) in [7, 11) is 3.42. The lowest BCUT2D eigenvalue weighted by Gasteiger charge is -2.35. The smallest absolute Gasteiger partial charge is 0.256 e. The SMILES string of the molecule is Cc1nc(C2CCCCN2C(=O)Cc2ccccc2)ncc1C(=O)N(C)C. The van der Waals surface area contributed by atoms with Crippen LogP contribution in [0.4, 0.5) is 0 Å². The topological polar surface area (TPSA) is 66.4 Å². The molecular formula is C21H26N4O2. The molecule has 0 spiro atoms. The first-order valence-corrected chi connectivity index (χ1v) is 9.36. The molecule has 1 saturated heterocycles. The van der Waals surface area contributed by atoms with Gasteiger partial charge in [-0.15, -0.1) is 0 Å². The highest BCUT2D eigenvalue weighted by Gasteiger charge is 2.30. The minimum Gasteiger partial charge on any atom is -0.345 e. The fourth-order valence-electron chi connectivity index (χ4n) is 3.47. The van der Waals surface area contributed by atoms with Crippen LogP contribution in [-0.2, 0) is 11.2 Å². The maximum absolute atomic E-state index is 12.9. The lowest BCUT2D eigenvalue weighted by molar-refractivity contribution is -0.134. The number of carbonyl (C=O) groups excluding carboxylic acids is 2. The zero-order valence-electron chi connectivity index (χ0n) is 16.2. The molecular weight excluding hydrogens is 340 g/mol. The zero-order chi connectivity index (χ0) is 19.4. The van der Waals surface area contributed by atoms with E-state index in [4.69, 9.17) is 0 Å². The number of rotatable bonds is 4. The molecule has 1 aromatic carbocycles. The van der Waals surface area contributed by atoms with Crippen molar-refractivity contribution in [1.29, 1.82) is 0 Å². The Morgan fingerprint density at radius 1 is 1.19 bits per heavy atom. The Morgan fingerprint density at radius 2 is 1.93 bits per heavy atom. The van der Waals surface area contributed by atoms with Crippen LogP contribution in [0, 0.1) is 6.92 Å². The molecule has 2 heterocycles. The van der Waals surface area contributed by atoms with E-state index in [1.807, 2.05) is 42.2 Å². The number of nitrogens with zero attached hydrogens (tertiary/aromatic N) is 4. The molecule has 1 aliphatic rings. The monoisotopic (exact) mass is 366 g/mol. The average molecular weight is 366 g/mol.